The highest BCUT2D eigenvalue weighted by Crippen LogP contribution is 2.28. The molecule has 3 heterocycles. The number of hydrogen-bond donors (Lipinski definition) is 0. The van der Waals surface area contributed by atoms with Crippen LogP contribution in [0.5, 0.6) is 5.75 Å². The summed E-state index contributed by atoms with van der Waals surface area (Å²) in [5, 5.41) is 4.81. The van der Waals surface area contributed by atoms with E-state index >= 15 is 0 Å². The van der Waals surface area contributed by atoms with E-state index in [2.05, 4.69) is 16.4 Å². The van der Waals surface area contributed by atoms with E-state index in [4.69, 9.17) is 4.74 Å². The zero-order valence-corrected chi connectivity index (χ0v) is 14.8. The lowest BCUT2D eigenvalue weighted by Crippen LogP contribution is -2.35. The summed E-state index contributed by atoms with van der Waals surface area (Å²) in [5.74, 6) is 0.828. The van der Waals surface area contributed by atoms with Gasteiger partial charge < -0.3 is 9.64 Å². The van der Waals surface area contributed by atoms with Gasteiger partial charge in [0.2, 0.25) is 0 Å². The molecule has 6 heteroatoms. The summed E-state index contributed by atoms with van der Waals surface area (Å²) < 4.78 is 5.17. The Morgan fingerprint density at radius 1 is 1.21 bits per heavy atom. The van der Waals surface area contributed by atoms with Gasteiger partial charge in [0.25, 0.3) is 5.91 Å². The first-order valence-corrected chi connectivity index (χ1v) is 9.45. The second-order valence-electron chi connectivity index (χ2n) is 5.61. The van der Waals surface area contributed by atoms with Crippen molar-refractivity contribution in [3.05, 3.63) is 57.2 Å². The van der Waals surface area contributed by atoms with Gasteiger partial charge in [0.15, 0.2) is 0 Å². The van der Waals surface area contributed by atoms with Gasteiger partial charge in [0.1, 0.15) is 16.5 Å². The van der Waals surface area contributed by atoms with Gasteiger partial charge in [-0.05, 0) is 47.7 Å². The molecular weight excluding hydrogens is 340 g/mol. The molecule has 2 aromatic heterocycles. The zero-order chi connectivity index (χ0) is 16.5. The minimum absolute atomic E-state index is 0.0165. The Balaban J connectivity index is 1.53. The Morgan fingerprint density at radius 2 is 2.04 bits per heavy atom. The van der Waals surface area contributed by atoms with E-state index in [1.54, 1.807) is 18.4 Å². The number of rotatable bonds is 3. The van der Waals surface area contributed by atoms with Crippen LogP contribution >= 0.6 is 22.7 Å². The fraction of sp³-hybridized carbons (Fsp3) is 0.222. The molecule has 0 radical (unpaired) electrons. The number of nitrogens with zero attached hydrogens (tertiary/aromatic N) is 2. The van der Waals surface area contributed by atoms with Crippen LogP contribution in [0.2, 0.25) is 0 Å². The van der Waals surface area contributed by atoms with Crippen LogP contribution in [0.4, 0.5) is 0 Å². The summed E-state index contributed by atoms with van der Waals surface area (Å²) in [6.45, 7) is 1.45. The lowest BCUT2D eigenvalue weighted by atomic mass is 10.1. The highest BCUT2D eigenvalue weighted by Gasteiger charge is 2.24. The third-order valence-electron chi connectivity index (χ3n) is 4.16. The molecule has 0 bridgehead atoms. The van der Waals surface area contributed by atoms with Crippen molar-refractivity contribution in [2.24, 2.45) is 0 Å². The van der Waals surface area contributed by atoms with E-state index in [0.29, 0.717) is 12.2 Å². The molecular formula is C18H16N2O2S2. The van der Waals surface area contributed by atoms with Crippen LogP contribution in [0.1, 0.15) is 20.9 Å². The fourth-order valence-electron chi connectivity index (χ4n) is 2.82. The van der Waals surface area contributed by atoms with E-state index in [0.717, 1.165) is 29.3 Å². The van der Waals surface area contributed by atoms with Crippen molar-refractivity contribution in [2.75, 3.05) is 13.7 Å². The van der Waals surface area contributed by atoms with E-state index in [-0.39, 0.29) is 5.91 Å². The molecule has 3 aromatic rings. The minimum Gasteiger partial charge on any atom is -0.497 e. The van der Waals surface area contributed by atoms with Crippen LogP contribution in [0.25, 0.3) is 10.6 Å². The second kappa shape index (κ2) is 6.37. The van der Waals surface area contributed by atoms with Crippen LogP contribution in [0.3, 0.4) is 0 Å². The number of aromatic nitrogens is 1. The third-order valence-corrected chi connectivity index (χ3v) is 6.07. The van der Waals surface area contributed by atoms with Gasteiger partial charge in [0.05, 0.1) is 7.11 Å². The predicted molar refractivity (Wildman–Crippen MR) is 96.9 cm³/mol. The topological polar surface area (TPSA) is 42.4 Å². The summed E-state index contributed by atoms with van der Waals surface area (Å²) in [4.78, 5) is 20.6. The van der Waals surface area contributed by atoms with Gasteiger partial charge in [-0.15, -0.1) is 22.7 Å². The molecule has 0 spiro atoms. The summed E-state index contributed by atoms with van der Waals surface area (Å²) in [7, 11) is 1.65. The molecule has 1 aromatic carbocycles. The molecule has 4 nitrogen and oxygen atoms in total. The van der Waals surface area contributed by atoms with Crippen molar-refractivity contribution in [2.45, 2.75) is 13.0 Å². The average molecular weight is 356 g/mol. The van der Waals surface area contributed by atoms with Crippen molar-refractivity contribution in [1.82, 2.24) is 9.88 Å². The minimum atomic E-state index is 0.0165. The Labute approximate surface area is 148 Å². The van der Waals surface area contributed by atoms with Crippen LogP contribution in [0.15, 0.2) is 41.1 Å². The molecule has 24 heavy (non-hydrogen) atoms. The highest BCUT2D eigenvalue weighted by molar-refractivity contribution is 7.13. The summed E-state index contributed by atoms with van der Waals surface area (Å²) >= 11 is 3.28. The molecule has 0 saturated carbocycles. The van der Waals surface area contributed by atoms with Crippen LogP contribution < -0.4 is 4.74 Å². The molecule has 0 fully saturated rings. The Hall–Kier alpha value is -2.18. The first-order chi connectivity index (χ1) is 11.7. The largest absolute Gasteiger partial charge is 0.497 e. The molecule has 1 amide bonds. The normalized spacial score (nSPS) is 13.6. The number of benzene rings is 1. The Bertz CT molecular complexity index is 867. The highest BCUT2D eigenvalue weighted by atomic mass is 32.1. The van der Waals surface area contributed by atoms with Crippen molar-refractivity contribution in [3.8, 4) is 16.3 Å². The number of methoxy groups -OCH3 is 1. The van der Waals surface area contributed by atoms with Crippen molar-refractivity contribution in [3.63, 3.8) is 0 Å². The second-order valence-corrected chi connectivity index (χ2v) is 7.47. The molecule has 0 N–H and O–H groups in total. The molecule has 1 aliphatic heterocycles. The van der Waals surface area contributed by atoms with Gasteiger partial charge in [0, 0.05) is 28.9 Å². The van der Waals surface area contributed by atoms with Crippen LogP contribution in [-0.4, -0.2) is 29.4 Å². The van der Waals surface area contributed by atoms with Crippen LogP contribution in [-0.2, 0) is 13.0 Å². The number of hydrogen-bond acceptors (Lipinski definition) is 5. The van der Waals surface area contributed by atoms with Gasteiger partial charge >= 0.3 is 0 Å². The summed E-state index contributed by atoms with van der Waals surface area (Å²) in [6, 6.07) is 9.85. The molecule has 122 valence electrons. The lowest BCUT2D eigenvalue weighted by molar-refractivity contribution is 0.0731. The number of carbonyl (C=O) groups is 1. The number of fused-ring (bicyclic) bond motifs is 1. The number of carbonyl (C=O) groups excluding carboxylic acids is 1. The third kappa shape index (κ3) is 2.83. The summed E-state index contributed by atoms with van der Waals surface area (Å²) in [5.41, 5.74) is 2.80. The van der Waals surface area contributed by atoms with E-state index < -0.39 is 0 Å². The van der Waals surface area contributed by atoms with Gasteiger partial charge in [-0.3, -0.25) is 4.79 Å². The summed E-state index contributed by atoms with van der Waals surface area (Å²) in [6.07, 6.45) is 0.939. The van der Waals surface area contributed by atoms with Crippen LogP contribution in [0, 0.1) is 0 Å². The first-order valence-electron chi connectivity index (χ1n) is 7.69. The van der Waals surface area contributed by atoms with E-state index in [1.807, 2.05) is 34.5 Å². The van der Waals surface area contributed by atoms with Crippen molar-refractivity contribution >= 4 is 28.6 Å². The standard InChI is InChI=1S/C18H16N2O2S2/c1-22-14-4-2-12(3-5-14)17-19-15(11-24-17)18(21)20-8-6-16-13(10-20)7-9-23-16/h2-5,7,9,11H,6,8,10H2,1H3. The monoisotopic (exact) mass is 356 g/mol. The molecule has 0 aliphatic carbocycles. The van der Waals surface area contributed by atoms with Gasteiger partial charge in [-0.25, -0.2) is 4.98 Å². The van der Waals surface area contributed by atoms with E-state index in [1.165, 1.54) is 21.8 Å². The van der Waals surface area contributed by atoms with E-state index in [9.17, 15) is 4.79 Å². The zero-order valence-electron chi connectivity index (χ0n) is 13.2. The Morgan fingerprint density at radius 3 is 2.83 bits per heavy atom. The average Bonchev–Trinajstić information content (AvgIpc) is 3.30. The van der Waals surface area contributed by atoms with Gasteiger partial charge in [-0.1, -0.05) is 0 Å². The smallest absolute Gasteiger partial charge is 0.273 e. The number of thiazole rings is 1. The maximum absolute atomic E-state index is 12.7. The maximum Gasteiger partial charge on any atom is 0.273 e. The number of thiophene rings is 1. The molecule has 1 aliphatic rings. The lowest BCUT2D eigenvalue weighted by Gasteiger charge is -2.26. The molecule has 0 saturated heterocycles. The van der Waals surface area contributed by atoms with Crippen molar-refractivity contribution < 1.29 is 9.53 Å². The predicted octanol–water partition coefficient (Wildman–Crippen LogP) is 4.08. The Kier molecular flexibility index (Phi) is 4.08. The molecule has 0 atom stereocenters. The number of ether oxygens (including phenoxy) is 1. The fourth-order valence-corrected chi connectivity index (χ4v) is 4.51. The first kappa shape index (κ1) is 15.4. The molecule has 0 unspecified atom stereocenters. The SMILES string of the molecule is COc1ccc(-c2nc(C(=O)N3CCc4sccc4C3)cs2)cc1. The number of amides is 1. The van der Waals surface area contributed by atoms with Crippen molar-refractivity contribution in [1.29, 1.82) is 0 Å². The molecule has 4 rings (SSSR count). The van der Waals surface area contributed by atoms with Gasteiger partial charge in [-0.2, -0.15) is 0 Å². The maximum atomic E-state index is 12.7. The quantitative estimate of drug-likeness (QED) is 0.710.